The molecule has 0 radical (unpaired) electrons. The molecule has 0 spiro atoms. The van der Waals surface area contributed by atoms with Crippen molar-refractivity contribution in [1.82, 2.24) is 5.43 Å². The first-order valence-corrected chi connectivity index (χ1v) is 7.48. The Morgan fingerprint density at radius 1 is 1.00 bits per heavy atom. The molecule has 0 saturated carbocycles. The van der Waals surface area contributed by atoms with Gasteiger partial charge in [0.05, 0.1) is 6.21 Å². The second-order valence-electron chi connectivity index (χ2n) is 6.98. The number of carbonyl (C=O) groups is 2. The van der Waals surface area contributed by atoms with Gasteiger partial charge in [-0.05, 0) is 53.7 Å². The van der Waals surface area contributed by atoms with Crippen molar-refractivity contribution >= 4 is 18.5 Å². The van der Waals surface area contributed by atoms with Crippen LogP contribution in [0.5, 0.6) is 5.75 Å². The molecule has 1 rings (SSSR count). The van der Waals surface area contributed by atoms with E-state index in [1.807, 2.05) is 0 Å². The van der Waals surface area contributed by atoms with Crippen LogP contribution in [-0.2, 0) is 9.47 Å². The predicted octanol–water partition coefficient (Wildman–Crippen LogP) is 3.86. The monoisotopic (exact) mass is 336 g/mol. The van der Waals surface area contributed by atoms with Gasteiger partial charge in [-0.25, -0.2) is 15.0 Å². The van der Waals surface area contributed by atoms with Crippen molar-refractivity contribution < 1.29 is 23.8 Å². The molecule has 0 unspecified atom stereocenters. The Balaban J connectivity index is 2.71. The van der Waals surface area contributed by atoms with Crippen LogP contribution in [0.4, 0.5) is 9.59 Å². The van der Waals surface area contributed by atoms with Crippen LogP contribution < -0.4 is 10.2 Å². The van der Waals surface area contributed by atoms with Gasteiger partial charge in [0.2, 0.25) is 0 Å². The summed E-state index contributed by atoms with van der Waals surface area (Å²) in [6, 6.07) is 6.73. The molecule has 7 nitrogen and oxygen atoms in total. The van der Waals surface area contributed by atoms with Gasteiger partial charge in [-0.2, -0.15) is 5.10 Å². The maximum Gasteiger partial charge on any atom is 0.514 e. The highest BCUT2D eigenvalue weighted by molar-refractivity contribution is 5.85. The Morgan fingerprint density at radius 3 is 2.17 bits per heavy atom. The molecule has 1 aromatic carbocycles. The number of nitrogens with zero attached hydrogens (tertiary/aromatic N) is 1. The average Bonchev–Trinajstić information content (AvgIpc) is 2.36. The van der Waals surface area contributed by atoms with Crippen LogP contribution in [0, 0.1) is 0 Å². The lowest BCUT2D eigenvalue weighted by Gasteiger charge is -2.19. The molecule has 7 heteroatoms. The van der Waals surface area contributed by atoms with Crippen molar-refractivity contribution in [1.29, 1.82) is 0 Å². The Kier molecular flexibility index (Phi) is 6.34. The first-order valence-electron chi connectivity index (χ1n) is 7.48. The van der Waals surface area contributed by atoms with Crippen molar-refractivity contribution in [3.8, 4) is 5.75 Å². The fourth-order valence-corrected chi connectivity index (χ4v) is 1.50. The van der Waals surface area contributed by atoms with E-state index in [4.69, 9.17) is 14.2 Å². The van der Waals surface area contributed by atoms with E-state index in [-0.39, 0.29) is 5.75 Å². The Labute approximate surface area is 142 Å². The number of amides is 1. The van der Waals surface area contributed by atoms with E-state index in [1.54, 1.807) is 65.8 Å². The van der Waals surface area contributed by atoms with Gasteiger partial charge in [-0.15, -0.1) is 0 Å². The summed E-state index contributed by atoms with van der Waals surface area (Å²) in [5, 5.41) is 3.79. The minimum atomic E-state index is -0.816. The zero-order valence-corrected chi connectivity index (χ0v) is 14.9. The van der Waals surface area contributed by atoms with Crippen LogP contribution in [0.15, 0.2) is 29.4 Å². The van der Waals surface area contributed by atoms with Crippen molar-refractivity contribution in [3.63, 3.8) is 0 Å². The largest absolute Gasteiger partial charge is 0.514 e. The molecule has 1 aromatic rings. The van der Waals surface area contributed by atoms with Crippen molar-refractivity contribution in [2.75, 3.05) is 0 Å². The molecule has 0 heterocycles. The number of nitrogens with one attached hydrogen (secondary N) is 1. The third-order valence-electron chi connectivity index (χ3n) is 2.26. The van der Waals surface area contributed by atoms with Gasteiger partial charge >= 0.3 is 12.2 Å². The summed E-state index contributed by atoms with van der Waals surface area (Å²) in [6.07, 6.45) is -0.142. The minimum Gasteiger partial charge on any atom is -0.443 e. The average molecular weight is 336 g/mol. The predicted molar refractivity (Wildman–Crippen MR) is 90.3 cm³/mol. The number of para-hydroxylation sites is 1. The van der Waals surface area contributed by atoms with Gasteiger partial charge in [0.15, 0.2) is 0 Å². The number of hydrogen-bond donors (Lipinski definition) is 1. The normalized spacial score (nSPS) is 11.9. The molecule has 1 amide bonds. The quantitative estimate of drug-likeness (QED) is 0.392. The molecule has 0 aromatic heterocycles. The minimum absolute atomic E-state index is 0.265. The first kappa shape index (κ1) is 19.5. The Morgan fingerprint density at radius 2 is 1.58 bits per heavy atom. The molecular formula is C17H24N2O5. The van der Waals surface area contributed by atoms with Gasteiger partial charge in [-0.3, -0.25) is 0 Å². The lowest BCUT2D eigenvalue weighted by atomic mass is 10.2. The summed E-state index contributed by atoms with van der Waals surface area (Å²) in [4.78, 5) is 23.3. The lowest BCUT2D eigenvalue weighted by Crippen LogP contribution is -2.29. The van der Waals surface area contributed by atoms with E-state index in [1.165, 1.54) is 6.21 Å². The molecule has 0 atom stereocenters. The van der Waals surface area contributed by atoms with Gasteiger partial charge in [0, 0.05) is 5.56 Å². The van der Waals surface area contributed by atoms with E-state index in [0.717, 1.165) is 0 Å². The summed E-state index contributed by atoms with van der Waals surface area (Å²) in [7, 11) is 0. The van der Waals surface area contributed by atoms with Gasteiger partial charge in [0.1, 0.15) is 17.0 Å². The van der Waals surface area contributed by atoms with Crippen LogP contribution in [0.3, 0.4) is 0 Å². The Hall–Kier alpha value is -2.57. The third-order valence-corrected chi connectivity index (χ3v) is 2.26. The van der Waals surface area contributed by atoms with Crippen molar-refractivity contribution in [2.45, 2.75) is 52.7 Å². The smallest absolute Gasteiger partial charge is 0.443 e. The number of rotatable bonds is 3. The second kappa shape index (κ2) is 7.81. The van der Waals surface area contributed by atoms with Gasteiger partial charge in [0.25, 0.3) is 0 Å². The molecule has 132 valence electrons. The SMILES string of the molecule is CC(C)(C)OC(=O)N/N=C/c1ccccc1OC(=O)OC(C)(C)C. The highest BCUT2D eigenvalue weighted by Crippen LogP contribution is 2.18. The molecule has 1 N–H and O–H groups in total. The van der Waals surface area contributed by atoms with E-state index in [2.05, 4.69) is 10.5 Å². The highest BCUT2D eigenvalue weighted by atomic mass is 16.7. The van der Waals surface area contributed by atoms with Gasteiger partial charge in [-0.1, -0.05) is 12.1 Å². The number of carbonyl (C=O) groups excluding carboxylic acids is 2. The van der Waals surface area contributed by atoms with Crippen LogP contribution in [-0.4, -0.2) is 29.7 Å². The lowest BCUT2D eigenvalue weighted by molar-refractivity contribution is 0.0205. The molecule has 0 aliphatic rings. The zero-order chi connectivity index (χ0) is 18.4. The van der Waals surface area contributed by atoms with Crippen molar-refractivity contribution in [2.24, 2.45) is 5.10 Å². The summed E-state index contributed by atoms with van der Waals surface area (Å²) in [6.45, 7) is 10.5. The maximum absolute atomic E-state index is 11.7. The molecule has 0 bridgehead atoms. The number of hydrazone groups is 1. The fraction of sp³-hybridized carbons (Fsp3) is 0.471. The Bertz CT molecular complexity index is 612. The van der Waals surface area contributed by atoms with Crippen molar-refractivity contribution in [3.05, 3.63) is 29.8 Å². The molecule has 24 heavy (non-hydrogen) atoms. The second-order valence-corrected chi connectivity index (χ2v) is 6.98. The molecule has 0 aliphatic heterocycles. The maximum atomic E-state index is 11.7. The van der Waals surface area contributed by atoms with Crippen LogP contribution in [0.2, 0.25) is 0 Å². The highest BCUT2D eigenvalue weighted by Gasteiger charge is 2.19. The summed E-state index contributed by atoms with van der Waals surface area (Å²) in [5.74, 6) is 0.265. The summed E-state index contributed by atoms with van der Waals surface area (Å²) >= 11 is 0. The standard InChI is InChI=1S/C17H24N2O5/c1-16(2,3)23-14(20)19-18-11-12-9-7-8-10-13(12)22-15(21)24-17(4,5)6/h7-11H,1-6H3,(H,19,20)/b18-11+. The zero-order valence-electron chi connectivity index (χ0n) is 14.9. The van der Waals surface area contributed by atoms with E-state index in [0.29, 0.717) is 5.56 Å². The van der Waals surface area contributed by atoms with Crippen LogP contribution in [0.1, 0.15) is 47.1 Å². The molecule has 0 aliphatic carbocycles. The van der Waals surface area contributed by atoms with Crippen LogP contribution >= 0.6 is 0 Å². The molecule has 0 fully saturated rings. The third kappa shape index (κ3) is 8.17. The number of hydrogen-bond acceptors (Lipinski definition) is 6. The summed E-state index contributed by atoms with van der Waals surface area (Å²) in [5.41, 5.74) is 1.47. The van der Waals surface area contributed by atoms with Crippen LogP contribution in [0.25, 0.3) is 0 Å². The number of benzene rings is 1. The van der Waals surface area contributed by atoms with E-state index < -0.39 is 23.5 Å². The van der Waals surface area contributed by atoms with E-state index >= 15 is 0 Å². The number of ether oxygens (including phenoxy) is 3. The summed E-state index contributed by atoms with van der Waals surface area (Å²) < 4.78 is 15.3. The fourth-order valence-electron chi connectivity index (χ4n) is 1.50. The molecule has 0 saturated heterocycles. The first-order chi connectivity index (χ1) is 11.0. The van der Waals surface area contributed by atoms with Gasteiger partial charge < -0.3 is 14.2 Å². The van der Waals surface area contributed by atoms with E-state index in [9.17, 15) is 9.59 Å². The topological polar surface area (TPSA) is 86.2 Å². The molecular weight excluding hydrogens is 312 g/mol.